The summed E-state index contributed by atoms with van der Waals surface area (Å²) in [5.41, 5.74) is 0.480. The van der Waals surface area contributed by atoms with Gasteiger partial charge in [0.05, 0.1) is 11.7 Å². The molecule has 1 N–H and O–H groups in total. The molecule has 2 atom stereocenters. The molecule has 1 saturated heterocycles. The summed E-state index contributed by atoms with van der Waals surface area (Å²) in [6.07, 6.45) is -0.837. The second kappa shape index (κ2) is 5.21. The number of amides is 1. The van der Waals surface area contributed by atoms with Crippen molar-refractivity contribution in [1.82, 2.24) is 5.32 Å². The van der Waals surface area contributed by atoms with Crippen LogP contribution in [0.3, 0.4) is 0 Å². The summed E-state index contributed by atoms with van der Waals surface area (Å²) in [5, 5.41) is 3.28. The number of carbonyl (C=O) groups is 1. The van der Waals surface area contributed by atoms with Crippen LogP contribution in [0.2, 0.25) is 5.02 Å². The van der Waals surface area contributed by atoms with Crippen LogP contribution in [0.15, 0.2) is 24.3 Å². The molecule has 1 aromatic carbocycles. The van der Waals surface area contributed by atoms with Crippen LogP contribution in [0.1, 0.15) is 6.42 Å². The van der Waals surface area contributed by atoms with Crippen LogP contribution in [-0.4, -0.2) is 24.7 Å². The van der Waals surface area contributed by atoms with Crippen molar-refractivity contribution < 1.29 is 9.18 Å². The Balaban J connectivity index is 2.09. The zero-order chi connectivity index (χ0) is 12.4. The van der Waals surface area contributed by atoms with Crippen molar-refractivity contribution in [3.05, 3.63) is 29.3 Å². The summed E-state index contributed by atoms with van der Waals surface area (Å²) in [5.74, 6) is -0.367. The Morgan fingerprint density at radius 3 is 2.88 bits per heavy atom. The van der Waals surface area contributed by atoms with E-state index in [9.17, 15) is 9.18 Å². The van der Waals surface area contributed by atoms with E-state index >= 15 is 0 Å². The molecule has 0 radical (unpaired) electrons. The minimum absolute atomic E-state index is 0.155. The highest BCUT2D eigenvalue weighted by Crippen LogP contribution is 2.23. The molecule has 0 unspecified atom stereocenters. The quantitative estimate of drug-likeness (QED) is 0.842. The average molecular weight is 277 g/mol. The Labute approximate surface area is 109 Å². The minimum atomic E-state index is -0.992. The summed E-state index contributed by atoms with van der Waals surface area (Å²) in [4.78, 5) is 11.9. The second-order valence-corrected chi connectivity index (χ2v) is 4.67. The Bertz CT molecular complexity index is 430. The van der Waals surface area contributed by atoms with Crippen LogP contribution in [0, 0.1) is 0 Å². The number of anilines is 1. The number of nitrogens with one attached hydrogen (secondary N) is 1. The molecule has 1 aliphatic heterocycles. The lowest BCUT2D eigenvalue weighted by atomic mass is 10.2. The standard InChI is InChI=1S/C11H11Cl2FN2O/c12-7-2-1-3-9(4-7)16(13)11(17)10-5-8(14)6-15-10/h1-4,8,10,15H,5-6H2/t8-,10+/m1/s1. The van der Waals surface area contributed by atoms with Crippen LogP contribution in [-0.2, 0) is 4.79 Å². The third kappa shape index (κ3) is 2.89. The molecule has 1 aliphatic rings. The molecule has 0 spiro atoms. The fourth-order valence-electron chi connectivity index (χ4n) is 1.74. The van der Waals surface area contributed by atoms with Crippen molar-refractivity contribution in [3.8, 4) is 0 Å². The van der Waals surface area contributed by atoms with E-state index in [0.717, 1.165) is 4.42 Å². The number of carbonyl (C=O) groups excluding carboxylic acids is 1. The molecule has 2 rings (SSSR count). The Morgan fingerprint density at radius 2 is 2.29 bits per heavy atom. The lowest BCUT2D eigenvalue weighted by molar-refractivity contribution is -0.119. The van der Waals surface area contributed by atoms with Crippen molar-refractivity contribution >= 4 is 35.0 Å². The number of nitrogens with zero attached hydrogens (tertiary/aromatic N) is 1. The number of alkyl halides is 1. The zero-order valence-electron chi connectivity index (χ0n) is 8.87. The fourth-order valence-corrected chi connectivity index (χ4v) is 2.15. The van der Waals surface area contributed by atoms with E-state index in [1.54, 1.807) is 24.3 Å². The molecular formula is C11H11Cl2FN2O. The normalized spacial score (nSPS) is 23.7. The van der Waals surface area contributed by atoms with Gasteiger partial charge in [-0.1, -0.05) is 17.7 Å². The van der Waals surface area contributed by atoms with Crippen LogP contribution >= 0.6 is 23.4 Å². The largest absolute Gasteiger partial charge is 0.303 e. The summed E-state index contributed by atoms with van der Waals surface area (Å²) >= 11 is 11.7. The van der Waals surface area contributed by atoms with Gasteiger partial charge in [0.25, 0.3) is 5.91 Å². The number of rotatable bonds is 2. The Morgan fingerprint density at radius 1 is 1.53 bits per heavy atom. The van der Waals surface area contributed by atoms with Gasteiger partial charge >= 0.3 is 0 Å². The summed E-state index contributed by atoms with van der Waals surface area (Å²) < 4.78 is 13.9. The molecule has 0 saturated carbocycles. The molecule has 3 nitrogen and oxygen atoms in total. The van der Waals surface area contributed by atoms with Gasteiger partial charge < -0.3 is 5.32 Å². The number of hydrogen-bond acceptors (Lipinski definition) is 2. The maximum absolute atomic E-state index is 13.0. The molecule has 0 bridgehead atoms. The van der Waals surface area contributed by atoms with Crippen LogP contribution < -0.4 is 9.74 Å². The SMILES string of the molecule is O=C([C@@H]1C[C@@H](F)CN1)N(Cl)c1cccc(Cl)c1. The predicted molar refractivity (Wildman–Crippen MR) is 66.1 cm³/mol. The fraction of sp³-hybridized carbons (Fsp3) is 0.364. The second-order valence-electron chi connectivity index (χ2n) is 3.89. The van der Waals surface area contributed by atoms with E-state index in [1.165, 1.54) is 0 Å². The molecule has 0 aromatic heterocycles. The first-order valence-corrected chi connectivity index (χ1v) is 5.92. The van der Waals surface area contributed by atoms with Crippen molar-refractivity contribution in [2.45, 2.75) is 18.6 Å². The molecule has 1 heterocycles. The third-order valence-corrected chi connectivity index (χ3v) is 3.20. The zero-order valence-corrected chi connectivity index (χ0v) is 10.4. The van der Waals surface area contributed by atoms with Crippen LogP contribution in [0.5, 0.6) is 0 Å². The lowest BCUT2D eigenvalue weighted by Gasteiger charge is -2.18. The van der Waals surface area contributed by atoms with Crippen molar-refractivity contribution in [3.63, 3.8) is 0 Å². The summed E-state index contributed by atoms with van der Waals surface area (Å²) in [6.45, 7) is 0.191. The van der Waals surface area contributed by atoms with Crippen LogP contribution in [0.4, 0.5) is 10.1 Å². The first-order chi connectivity index (χ1) is 8.08. The monoisotopic (exact) mass is 276 g/mol. The van der Waals surface area contributed by atoms with Gasteiger partial charge in [-0.3, -0.25) is 4.79 Å². The number of benzene rings is 1. The van der Waals surface area contributed by atoms with E-state index in [0.29, 0.717) is 10.7 Å². The van der Waals surface area contributed by atoms with Crippen molar-refractivity contribution in [2.24, 2.45) is 0 Å². The highest BCUT2D eigenvalue weighted by Gasteiger charge is 2.32. The number of halogens is 3. The molecule has 1 fully saturated rings. The van der Waals surface area contributed by atoms with E-state index in [1.807, 2.05) is 0 Å². The topological polar surface area (TPSA) is 32.3 Å². The van der Waals surface area contributed by atoms with Gasteiger partial charge in [0.1, 0.15) is 6.17 Å². The predicted octanol–water partition coefficient (Wildman–Crippen LogP) is 2.53. The minimum Gasteiger partial charge on any atom is -0.303 e. The average Bonchev–Trinajstić information content (AvgIpc) is 2.74. The van der Waals surface area contributed by atoms with Crippen molar-refractivity contribution in [1.29, 1.82) is 0 Å². The van der Waals surface area contributed by atoms with Gasteiger partial charge in [0, 0.05) is 29.8 Å². The molecule has 0 aliphatic carbocycles. The Kier molecular flexibility index (Phi) is 3.86. The van der Waals surface area contributed by atoms with Crippen LogP contribution in [0.25, 0.3) is 0 Å². The smallest absolute Gasteiger partial charge is 0.258 e. The van der Waals surface area contributed by atoms with E-state index in [4.69, 9.17) is 23.4 Å². The first-order valence-electron chi connectivity index (χ1n) is 5.20. The maximum Gasteiger partial charge on any atom is 0.258 e. The van der Waals surface area contributed by atoms with E-state index < -0.39 is 12.2 Å². The molecular weight excluding hydrogens is 266 g/mol. The van der Waals surface area contributed by atoms with Gasteiger partial charge in [-0.25, -0.2) is 8.81 Å². The highest BCUT2D eigenvalue weighted by atomic mass is 35.5. The third-order valence-electron chi connectivity index (χ3n) is 2.60. The maximum atomic E-state index is 13.0. The van der Waals surface area contributed by atoms with Gasteiger partial charge in [0.15, 0.2) is 0 Å². The molecule has 1 aromatic rings. The summed E-state index contributed by atoms with van der Waals surface area (Å²) in [6, 6.07) is 6.06. The van der Waals surface area contributed by atoms with Gasteiger partial charge in [-0.2, -0.15) is 0 Å². The lowest BCUT2D eigenvalue weighted by Crippen LogP contribution is -2.39. The number of hydrogen-bond donors (Lipinski definition) is 1. The molecule has 92 valence electrons. The van der Waals surface area contributed by atoms with Gasteiger partial charge in [0.2, 0.25) is 0 Å². The molecule has 1 amide bonds. The van der Waals surface area contributed by atoms with Gasteiger partial charge in [-0.05, 0) is 18.2 Å². The molecule has 6 heteroatoms. The van der Waals surface area contributed by atoms with E-state index in [-0.39, 0.29) is 18.9 Å². The van der Waals surface area contributed by atoms with Crippen molar-refractivity contribution in [2.75, 3.05) is 11.0 Å². The van der Waals surface area contributed by atoms with Gasteiger partial charge in [-0.15, -0.1) is 0 Å². The summed E-state index contributed by atoms with van der Waals surface area (Å²) in [7, 11) is 0. The van der Waals surface area contributed by atoms with E-state index in [2.05, 4.69) is 5.32 Å². The molecule has 17 heavy (non-hydrogen) atoms. The highest BCUT2D eigenvalue weighted by molar-refractivity contribution is 6.38. The Hall–Kier alpha value is -0.840. The first kappa shape index (κ1) is 12.6.